The summed E-state index contributed by atoms with van der Waals surface area (Å²) in [5.41, 5.74) is 1.55. The number of thiazole rings is 1. The fourth-order valence-electron chi connectivity index (χ4n) is 1.91. The quantitative estimate of drug-likeness (QED) is 0.945. The first-order valence-electron chi connectivity index (χ1n) is 6.17. The van der Waals surface area contributed by atoms with Crippen LogP contribution in [0.3, 0.4) is 0 Å². The minimum atomic E-state index is -4.42. The SMILES string of the molecule is Cc1cn2c(CN(C)C(=O)NCC(F)(F)F)c(C)nc2s1. The predicted octanol–water partition coefficient (Wildman–Crippen LogP) is 2.72. The summed E-state index contributed by atoms with van der Waals surface area (Å²) < 4.78 is 38.1. The molecule has 116 valence electrons. The Hall–Kier alpha value is -1.77. The van der Waals surface area contributed by atoms with E-state index in [2.05, 4.69) is 4.98 Å². The van der Waals surface area contributed by atoms with Crippen molar-refractivity contribution < 1.29 is 18.0 Å². The van der Waals surface area contributed by atoms with Gasteiger partial charge in [-0.25, -0.2) is 9.78 Å². The Kier molecular flexibility index (Phi) is 4.13. The van der Waals surface area contributed by atoms with E-state index in [0.29, 0.717) is 0 Å². The number of amides is 2. The van der Waals surface area contributed by atoms with E-state index in [0.717, 1.165) is 21.2 Å². The highest BCUT2D eigenvalue weighted by Gasteiger charge is 2.28. The van der Waals surface area contributed by atoms with Crippen molar-refractivity contribution in [2.45, 2.75) is 26.6 Å². The first kappa shape index (κ1) is 15.6. The van der Waals surface area contributed by atoms with Gasteiger partial charge in [-0.1, -0.05) is 0 Å². The van der Waals surface area contributed by atoms with Crippen LogP contribution in [0.2, 0.25) is 0 Å². The molecule has 0 spiro atoms. The molecule has 1 N–H and O–H groups in total. The molecular weight excluding hydrogens is 305 g/mol. The first-order chi connectivity index (χ1) is 9.67. The highest BCUT2D eigenvalue weighted by atomic mass is 32.1. The zero-order valence-corrected chi connectivity index (χ0v) is 12.6. The Morgan fingerprint density at radius 2 is 2.14 bits per heavy atom. The van der Waals surface area contributed by atoms with E-state index in [9.17, 15) is 18.0 Å². The normalized spacial score (nSPS) is 11.9. The molecule has 0 fully saturated rings. The lowest BCUT2D eigenvalue weighted by Crippen LogP contribution is -2.41. The number of imidazole rings is 1. The average molecular weight is 320 g/mol. The van der Waals surface area contributed by atoms with Gasteiger partial charge in [-0.05, 0) is 13.8 Å². The smallest absolute Gasteiger partial charge is 0.329 e. The highest BCUT2D eigenvalue weighted by Crippen LogP contribution is 2.21. The molecule has 2 amide bonds. The second kappa shape index (κ2) is 5.55. The third-order valence-electron chi connectivity index (χ3n) is 2.91. The van der Waals surface area contributed by atoms with Gasteiger partial charge < -0.3 is 10.2 Å². The number of carbonyl (C=O) groups excluding carboxylic acids is 1. The topological polar surface area (TPSA) is 49.6 Å². The summed E-state index contributed by atoms with van der Waals surface area (Å²) >= 11 is 1.52. The monoisotopic (exact) mass is 320 g/mol. The molecule has 9 heteroatoms. The molecule has 2 heterocycles. The summed E-state index contributed by atoms with van der Waals surface area (Å²) in [5.74, 6) is 0. The number of nitrogens with one attached hydrogen (secondary N) is 1. The van der Waals surface area contributed by atoms with Crippen LogP contribution >= 0.6 is 11.3 Å². The molecule has 2 rings (SSSR count). The fraction of sp³-hybridized carbons (Fsp3) is 0.500. The predicted molar refractivity (Wildman–Crippen MR) is 73.5 cm³/mol. The molecule has 0 saturated carbocycles. The van der Waals surface area contributed by atoms with E-state index in [1.807, 2.05) is 29.8 Å². The van der Waals surface area contributed by atoms with Gasteiger partial charge >= 0.3 is 12.2 Å². The highest BCUT2D eigenvalue weighted by molar-refractivity contribution is 7.17. The zero-order chi connectivity index (χ0) is 15.8. The van der Waals surface area contributed by atoms with E-state index in [1.54, 1.807) is 0 Å². The van der Waals surface area contributed by atoms with Gasteiger partial charge in [-0.2, -0.15) is 13.2 Å². The van der Waals surface area contributed by atoms with Crippen LogP contribution in [-0.2, 0) is 6.54 Å². The van der Waals surface area contributed by atoms with E-state index in [-0.39, 0.29) is 6.54 Å². The van der Waals surface area contributed by atoms with Crippen molar-refractivity contribution in [2.24, 2.45) is 0 Å². The summed E-state index contributed by atoms with van der Waals surface area (Å²) in [6.45, 7) is 2.60. The molecule has 2 aromatic rings. The number of aromatic nitrogens is 2. The van der Waals surface area contributed by atoms with Crippen molar-refractivity contribution in [3.63, 3.8) is 0 Å². The maximum Gasteiger partial charge on any atom is 0.405 e. The largest absolute Gasteiger partial charge is 0.405 e. The standard InChI is InChI=1S/C12H15F3N4OS/c1-7-4-19-9(8(2)17-11(19)21-7)5-18(3)10(20)16-6-12(13,14)15/h4H,5-6H2,1-3H3,(H,16,20). The van der Waals surface area contributed by atoms with Crippen LogP contribution in [0.25, 0.3) is 4.96 Å². The lowest BCUT2D eigenvalue weighted by atomic mass is 10.3. The van der Waals surface area contributed by atoms with Crippen LogP contribution in [0, 0.1) is 13.8 Å². The number of hydrogen-bond donors (Lipinski definition) is 1. The molecule has 0 aliphatic heterocycles. The van der Waals surface area contributed by atoms with Gasteiger partial charge in [-0.15, -0.1) is 11.3 Å². The molecule has 0 atom stereocenters. The molecular formula is C12H15F3N4OS. The van der Waals surface area contributed by atoms with Crippen molar-refractivity contribution in [3.8, 4) is 0 Å². The van der Waals surface area contributed by atoms with E-state index in [4.69, 9.17) is 0 Å². The minimum absolute atomic E-state index is 0.187. The molecule has 5 nitrogen and oxygen atoms in total. The van der Waals surface area contributed by atoms with E-state index < -0.39 is 18.8 Å². The van der Waals surface area contributed by atoms with Gasteiger partial charge in [-0.3, -0.25) is 4.40 Å². The van der Waals surface area contributed by atoms with Gasteiger partial charge in [0.2, 0.25) is 0 Å². The Balaban J connectivity index is 2.08. The third-order valence-corrected chi connectivity index (χ3v) is 3.81. The molecule has 21 heavy (non-hydrogen) atoms. The van der Waals surface area contributed by atoms with Gasteiger partial charge in [0, 0.05) is 18.1 Å². The summed E-state index contributed by atoms with van der Waals surface area (Å²) in [4.78, 5) is 19.1. The number of halogens is 3. The van der Waals surface area contributed by atoms with Crippen LogP contribution in [0.1, 0.15) is 16.3 Å². The van der Waals surface area contributed by atoms with Crippen molar-refractivity contribution in [1.29, 1.82) is 0 Å². The van der Waals surface area contributed by atoms with Crippen LogP contribution < -0.4 is 5.32 Å². The number of fused-ring (bicyclic) bond motifs is 1. The number of hydrogen-bond acceptors (Lipinski definition) is 3. The molecule has 0 aliphatic carbocycles. The Labute approximate surface area is 123 Å². The molecule has 0 bridgehead atoms. The zero-order valence-electron chi connectivity index (χ0n) is 11.8. The maximum atomic E-state index is 12.1. The number of urea groups is 1. The van der Waals surface area contributed by atoms with Gasteiger partial charge in [0.1, 0.15) is 6.54 Å². The maximum absolute atomic E-state index is 12.1. The minimum Gasteiger partial charge on any atom is -0.329 e. The summed E-state index contributed by atoms with van der Waals surface area (Å²) in [5, 5.41) is 1.84. The van der Waals surface area contributed by atoms with Crippen LogP contribution in [0.15, 0.2) is 6.20 Å². The summed E-state index contributed by atoms with van der Waals surface area (Å²) in [7, 11) is 1.45. The molecule has 0 saturated heterocycles. The Morgan fingerprint density at radius 1 is 1.48 bits per heavy atom. The number of nitrogens with zero attached hydrogens (tertiary/aromatic N) is 3. The number of aryl methyl sites for hydroxylation is 2. The number of carbonyl (C=O) groups is 1. The van der Waals surface area contributed by atoms with Crippen LogP contribution in [-0.4, -0.2) is 40.1 Å². The molecule has 0 radical (unpaired) electrons. The molecule has 0 aromatic carbocycles. The van der Waals surface area contributed by atoms with Crippen molar-refractivity contribution >= 4 is 22.3 Å². The average Bonchev–Trinajstić information content (AvgIpc) is 2.83. The van der Waals surface area contributed by atoms with Crippen LogP contribution in [0.5, 0.6) is 0 Å². The van der Waals surface area contributed by atoms with Gasteiger partial charge in [0.15, 0.2) is 4.96 Å². The summed E-state index contributed by atoms with van der Waals surface area (Å²) in [6.07, 6.45) is -2.52. The van der Waals surface area contributed by atoms with Crippen molar-refractivity contribution in [2.75, 3.05) is 13.6 Å². The van der Waals surface area contributed by atoms with Gasteiger partial charge in [0.25, 0.3) is 0 Å². The van der Waals surface area contributed by atoms with Crippen molar-refractivity contribution in [1.82, 2.24) is 19.6 Å². The molecule has 2 aromatic heterocycles. The first-order valence-corrected chi connectivity index (χ1v) is 6.98. The van der Waals surface area contributed by atoms with E-state index >= 15 is 0 Å². The second-order valence-corrected chi connectivity index (χ2v) is 5.98. The fourth-order valence-corrected chi connectivity index (χ4v) is 2.80. The molecule has 0 unspecified atom stereocenters. The summed E-state index contributed by atoms with van der Waals surface area (Å²) in [6, 6.07) is -0.770. The second-order valence-electron chi connectivity index (χ2n) is 4.77. The Morgan fingerprint density at radius 3 is 2.76 bits per heavy atom. The third kappa shape index (κ3) is 3.66. The van der Waals surface area contributed by atoms with Crippen molar-refractivity contribution in [3.05, 3.63) is 22.5 Å². The number of alkyl halides is 3. The van der Waals surface area contributed by atoms with Gasteiger partial charge in [0.05, 0.1) is 17.9 Å². The Bertz CT molecular complexity index is 661. The lowest BCUT2D eigenvalue weighted by molar-refractivity contribution is -0.123. The molecule has 0 aliphatic rings. The number of rotatable bonds is 3. The lowest BCUT2D eigenvalue weighted by Gasteiger charge is -2.18. The van der Waals surface area contributed by atoms with E-state index in [1.165, 1.54) is 23.3 Å². The van der Waals surface area contributed by atoms with Crippen LogP contribution in [0.4, 0.5) is 18.0 Å².